The lowest BCUT2D eigenvalue weighted by molar-refractivity contribution is -0.115. The van der Waals surface area contributed by atoms with Gasteiger partial charge in [-0.05, 0) is 47.4 Å². The van der Waals surface area contributed by atoms with Crippen molar-refractivity contribution in [3.63, 3.8) is 0 Å². The normalized spacial score (nSPS) is 10.6. The molecule has 2 nitrogen and oxygen atoms in total. The van der Waals surface area contributed by atoms with Crippen molar-refractivity contribution in [1.82, 2.24) is 0 Å². The highest BCUT2D eigenvalue weighted by Crippen LogP contribution is 2.21. The Bertz CT molecular complexity index is 831. The summed E-state index contributed by atoms with van der Waals surface area (Å²) in [5, 5.41) is 5.33. The van der Waals surface area contributed by atoms with Gasteiger partial charge in [0.1, 0.15) is 0 Å². The van der Waals surface area contributed by atoms with E-state index in [1.54, 1.807) is 0 Å². The van der Waals surface area contributed by atoms with Crippen LogP contribution in [0.4, 0.5) is 5.69 Å². The van der Waals surface area contributed by atoms with Crippen LogP contribution in [0.5, 0.6) is 0 Å². The summed E-state index contributed by atoms with van der Waals surface area (Å²) in [4.78, 5) is 12.4. The van der Waals surface area contributed by atoms with Crippen LogP contribution in [0.3, 0.4) is 0 Å². The SMILES string of the molecule is Cc1cccc(NC(=O)Cc2cccc3ccccc23)c1C. The van der Waals surface area contributed by atoms with Crippen LogP contribution < -0.4 is 5.32 Å². The van der Waals surface area contributed by atoms with E-state index in [1.807, 2.05) is 43.3 Å². The van der Waals surface area contributed by atoms with E-state index in [9.17, 15) is 4.79 Å². The minimum atomic E-state index is 0.0186. The molecule has 3 aromatic carbocycles. The fourth-order valence-corrected chi connectivity index (χ4v) is 2.70. The smallest absolute Gasteiger partial charge is 0.228 e. The van der Waals surface area contributed by atoms with Crippen LogP contribution in [0, 0.1) is 13.8 Å². The molecule has 0 saturated heterocycles. The summed E-state index contributed by atoms with van der Waals surface area (Å²) in [6.07, 6.45) is 0.384. The van der Waals surface area contributed by atoms with Gasteiger partial charge in [-0.3, -0.25) is 4.79 Å². The van der Waals surface area contributed by atoms with E-state index in [4.69, 9.17) is 0 Å². The number of rotatable bonds is 3. The number of amides is 1. The van der Waals surface area contributed by atoms with Crippen molar-refractivity contribution in [2.24, 2.45) is 0 Å². The lowest BCUT2D eigenvalue weighted by Gasteiger charge is -2.11. The predicted octanol–water partition coefficient (Wildman–Crippen LogP) is 4.64. The largest absolute Gasteiger partial charge is 0.326 e. The maximum atomic E-state index is 12.4. The Hall–Kier alpha value is -2.61. The van der Waals surface area contributed by atoms with Gasteiger partial charge in [0, 0.05) is 5.69 Å². The highest BCUT2D eigenvalue weighted by atomic mass is 16.1. The summed E-state index contributed by atoms with van der Waals surface area (Å²) < 4.78 is 0. The quantitative estimate of drug-likeness (QED) is 0.748. The molecule has 0 unspecified atom stereocenters. The number of aryl methyl sites for hydroxylation is 1. The number of nitrogens with one attached hydrogen (secondary N) is 1. The maximum absolute atomic E-state index is 12.4. The molecule has 0 heterocycles. The first-order valence-corrected chi connectivity index (χ1v) is 7.48. The molecule has 1 N–H and O–H groups in total. The first kappa shape index (κ1) is 14.3. The molecule has 0 fully saturated rings. The average Bonchev–Trinajstić information content (AvgIpc) is 2.52. The molecular weight excluding hydrogens is 270 g/mol. The van der Waals surface area contributed by atoms with E-state index >= 15 is 0 Å². The summed E-state index contributed by atoms with van der Waals surface area (Å²) in [6.45, 7) is 4.08. The van der Waals surface area contributed by atoms with E-state index in [0.29, 0.717) is 6.42 Å². The Morgan fingerprint density at radius 2 is 1.64 bits per heavy atom. The van der Waals surface area contributed by atoms with Crippen LogP contribution in [-0.2, 0) is 11.2 Å². The van der Waals surface area contributed by atoms with Crippen molar-refractivity contribution in [3.8, 4) is 0 Å². The second-order valence-electron chi connectivity index (χ2n) is 5.61. The molecule has 0 aliphatic rings. The molecule has 2 heteroatoms. The fourth-order valence-electron chi connectivity index (χ4n) is 2.70. The minimum Gasteiger partial charge on any atom is -0.326 e. The number of anilines is 1. The summed E-state index contributed by atoms with van der Waals surface area (Å²) >= 11 is 0. The van der Waals surface area contributed by atoms with E-state index < -0.39 is 0 Å². The Balaban J connectivity index is 1.83. The Kier molecular flexibility index (Phi) is 3.92. The average molecular weight is 289 g/mol. The second kappa shape index (κ2) is 6.02. The van der Waals surface area contributed by atoms with Crippen molar-refractivity contribution in [3.05, 3.63) is 77.4 Å². The summed E-state index contributed by atoms with van der Waals surface area (Å²) in [5.41, 5.74) is 4.25. The van der Waals surface area contributed by atoms with Gasteiger partial charge in [-0.25, -0.2) is 0 Å². The molecule has 0 radical (unpaired) electrons. The number of benzene rings is 3. The molecule has 22 heavy (non-hydrogen) atoms. The summed E-state index contributed by atoms with van der Waals surface area (Å²) in [7, 11) is 0. The standard InChI is InChI=1S/C20H19NO/c1-14-7-5-12-19(15(14)2)21-20(22)13-17-10-6-9-16-8-3-4-11-18(16)17/h3-12H,13H2,1-2H3,(H,21,22). The zero-order valence-corrected chi connectivity index (χ0v) is 12.9. The maximum Gasteiger partial charge on any atom is 0.228 e. The molecule has 0 aliphatic carbocycles. The fraction of sp³-hybridized carbons (Fsp3) is 0.150. The van der Waals surface area contributed by atoms with Crippen molar-refractivity contribution in [2.45, 2.75) is 20.3 Å². The van der Waals surface area contributed by atoms with Crippen LogP contribution in [0.25, 0.3) is 10.8 Å². The Morgan fingerprint density at radius 1 is 0.909 bits per heavy atom. The molecule has 0 bridgehead atoms. The lowest BCUT2D eigenvalue weighted by Crippen LogP contribution is -2.15. The summed E-state index contributed by atoms with van der Waals surface area (Å²) in [5.74, 6) is 0.0186. The van der Waals surface area contributed by atoms with E-state index in [-0.39, 0.29) is 5.91 Å². The summed E-state index contributed by atoms with van der Waals surface area (Å²) in [6, 6.07) is 20.2. The van der Waals surface area contributed by atoms with Crippen LogP contribution >= 0.6 is 0 Å². The van der Waals surface area contributed by atoms with Gasteiger partial charge in [0.05, 0.1) is 6.42 Å². The first-order valence-electron chi connectivity index (χ1n) is 7.48. The van der Waals surface area contributed by atoms with Crippen molar-refractivity contribution >= 4 is 22.4 Å². The highest BCUT2D eigenvalue weighted by Gasteiger charge is 2.09. The van der Waals surface area contributed by atoms with E-state index in [0.717, 1.165) is 22.2 Å². The molecular formula is C20H19NO. The van der Waals surface area contributed by atoms with E-state index in [1.165, 1.54) is 10.9 Å². The minimum absolute atomic E-state index is 0.0186. The monoisotopic (exact) mass is 289 g/mol. The van der Waals surface area contributed by atoms with Crippen LogP contribution in [0.1, 0.15) is 16.7 Å². The number of hydrogen-bond acceptors (Lipinski definition) is 1. The van der Waals surface area contributed by atoms with Gasteiger partial charge in [0.15, 0.2) is 0 Å². The van der Waals surface area contributed by atoms with Gasteiger partial charge in [-0.2, -0.15) is 0 Å². The van der Waals surface area contributed by atoms with Crippen LogP contribution in [0.2, 0.25) is 0 Å². The Morgan fingerprint density at radius 3 is 2.50 bits per heavy atom. The number of carbonyl (C=O) groups excluding carboxylic acids is 1. The lowest BCUT2D eigenvalue weighted by atomic mass is 10.0. The van der Waals surface area contributed by atoms with Crippen molar-refractivity contribution in [2.75, 3.05) is 5.32 Å². The zero-order valence-electron chi connectivity index (χ0n) is 12.9. The predicted molar refractivity (Wildman–Crippen MR) is 92.2 cm³/mol. The molecule has 1 amide bonds. The molecule has 0 aromatic heterocycles. The van der Waals surface area contributed by atoms with E-state index in [2.05, 4.69) is 36.5 Å². The second-order valence-corrected chi connectivity index (χ2v) is 5.61. The number of fused-ring (bicyclic) bond motifs is 1. The molecule has 110 valence electrons. The van der Waals surface area contributed by atoms with Gasteiger partial charge >= 0.3 is 0 Å². The number of hydrogen-bond donors (Lipinski definition) is 1. The first-order chi connectivity index (χ1) is 10.6. The highest BCUT2D eigenvalue weighted by molar-refractivity contribution is 5.96. The molecule has 0 atom stereocenters. The third kappa shape index (κ3) is 2.86. The van der Waals surface area contributed by atoms with Crippen LogP contribution in [-0.4, -0.2) is 5.91 Å². The topological polar surface area (TPSA) is 29.1 Å². The van der Waals surface area contributed by atoms with Crippen molar-refractivity contribution < 1.29 is 4.79 Å². The molecule has 0 aliphatic heterocycles. The molecule has 0 saturated carbocycles. The van der Waals surface area contributed by atoms with Gasteiger partial charge in [-0.1, -0.05) is 54.6 Å². The van der Waals surface area contributed by atoms with Gasteiger partial charge in [-0.15, -0.1) is 0 Å². The van der Waals surface area contributed by atoms with Gasteiger partial charge < -0.3 is 5.32 Å². The van der Waals surface area contributed by atoms with Crippen molar-refractivity contribution in [1.29, 1.82) is 0 Å². The molecule has 0 spiro atoms. The zero-order chi connectivity index (χ0) is 15.5. The third-order valence-electron chi connectivity index (χ3n) is 4.11. The van der Waals surface area contributed by atoms with Gasteiger partial charge in [0.2, 0.25) is 5.91 Å². The molecule has 3 aromatic rings. The molecule has 3 rings (SSSR count). The third-order valence-corrected chi connectivity index (χ3v) is 4.11. The number of carbonyl (C=O) groups is 1. The van der Waals surface area contributed by atoms with Crippen LogP contribution in [0.15, 0.2) is 60.7 Å². The van der Waals surface area contributed by atoms with Gasteiger partial charge in [0.25, 0.3) is 0 Å². The Labute approximate surface area is 130 Å².